The molecule has 0 aromatic carbocycles. The van der Waals surface area contributed by atoms with E-state index >= 15 is 0 Å². The Kier molecular flexibility index (Phi) is 5.28. The lowest BCUT2D eigenvalue weighted by Gasteiger charge is -2.01. The van der Waals surface area contributed by atoms with E-state index in [1.54, 1.807) is 19.1 Å². The van der Waals surface area contributed by atoms with Crippen molar-refractivity contribution in [3.8, 4) is 0 Å². The van der Waals surface area contributed by atoms with E-state index in [0.29, 0.717) is 11.1 Å². The van der Waals surface area contributed by atoms with Crippen molar-refractivity contribution >= 4 is 5.97 Å². The monoisotopic (exact) mass is 178 g/mol. The van der Waals surface area contributed by atoms with Crippen molar-refractivity contribution in [3.63, 3.8) is 0 Å². The van der Waals surface area contributed by atoms with Crippen LogP contribution in [0.3, 0.4) is 0 Å². The Morgan fingerprint density at radius 3 is 2.54 bits per heavy atom. The summed E-state index contributed by atoms with van der Waals surface area (Å²) in [5.41, 5.74) is 1.19. The van der Waals surface area contributed by atoms with Crippen molar-refractivity contribution in [1.29, 1.82) is 0 Å². The molecule has 0 atom stereocenters. The summed E-state index contributed by atoms with van der Waals surface area (Å²) >= 11 is 0. The second kappa shape index (κ2) is 6.00. The van der Waals surface area contributed by atoms with E-state index in [0.717, 1.165) is 0 Å². The first-order chi connectivity index (χ1) is 6.11. The Labute approximate surface area is 78.9 Å². The molecule has 0 radical (unpaired) electrons. The third-order valence-corrected chi connectivity index (χ3v) is 1.32. The third-order valence-electron chi connectivity index (χ3n) is 1.32. The zero-order valence-corrected chi connectivity index (χ0v) is 7.88. The van der Waals surface area contributed by atoms with Crippen molar-refractivity contribution in [2.24, 2.45) is 0 Å². The lowest BCUT2D eigenvalue weighted by molar-refractivity contribution is -0.137. The van der Waals surface area contributed by atoms with E-state index in [2.05, 4.69) is 19.7 Å². The Bertz CT molecular complexity index is 259. The Morgan fingerprint density at radius 2 is 2.08 bits per heavy atom. The maximum absolute atomic E-state index is 11.1. The lowest BCUT2D eigenvalue weighted by Crippen LogP contribution is -2.05. The van der Waals surface area contributed by atoms with Crippen LogP contribution in [0.25, 0.3) is 0 Å². The second-order valence-electron chi connectivity index (χ2n) is 2.49. The molecule has 0 aromatic rings. The molecule has 70 valence electrons. The van der Waals surface area contributed by atoms with Gasteiger partial charge in [-0.3, -0.25) is 0 Å². The average Bonchev–Trinajstić information content (AvgIpc) is 2.13. The van der Waals surface area contributed by atoms with Gasteiger partial charge in [0.2, 0.25) is 0 Å². The van der Waals surface area contributed by atoms with Crippen LogP contribution in [0, 0.1) is 0 Å². The fraction of sp³-hybridized carbons (Fsp3) is 0.182. The summed E-state index contributed by atoms with van der Waals surface area (Å²) in [6.45, 7) is 12.5. The van der Waals surface area contributed by atoms with Gasteiger partial charge in [-0.05, 0) is 18.6 Å². The van der Waals surface area contributed by atoms with Gasteiger partial charge in [-0.15, -0.1) is 0 Å². The van der Waals surface area contributed by atoms with Crippen LogP contribution in [-0.2, 0) is 9.53 Å². The van der Waals surface area contributed by atoms with Crippen LogP contribution in [0.2, 0.25) is 0 Å². The Balaban J connectivity index is 4.23. The molecule has 0 aliphatic heterocycles. The SMILES string of the molecule is C=CCOC(=O)/C(C)=C\C(=C)C=C. The quantitative estimate of drug-likeness (QED) is 0.280. The molecule has 0 saturated heterocycles. The predicted octanol–water partition coefficient (Wildman–Crippen LogP) is 2.40. The predicted molar refractivity (Wildman–Crippen MR) is 54.3 cm³/mol. The first-order valence-corrected chi connectivity index (χ1v) is 3.89. The molecule has 0 aliphatic carbocycles. The summed E-state index contributed by atoms with van der Waals surface area (Å²) in [4.78, 5) is 11.1. The standard InChI is InChI=1S/C11H14O2/c1-5-7-13-11(12)10(4)8-9(3)6-2/h5-6,8H,1-3,7H2,4H3/b10-8-. The number of hydrogen-bond donors (Lipinski definition) is 0. The van der Waals surface area contributed by atoms with Crippen LogP contribution in [-0.4, -0.2) is 12.6 Å². The van der Waals surface area contributed by atoms with Gasteiger partial charge in [-0.2, -0.15) is 0 Å². The highest BCUT2D eigenvalue weighted by Crippen LogP contribution is 2.02. The van der Waals surface area contributed by atoms with Crippen LogP contribution >= 0.6 is 0 Å². The van der Waals surface area contributed by atoms with Crippen molar-refractivity contribution < 1.29 is 9.53 Å². The minimum Gasteiger partial charge on any atom is -0.458 e. The Morgan fingerprint density at radius 1 is 1.46 bits per heavy atom. The smallest absolute Gasteiger partial charge is 0.334 e. The average molecular weight is 178 g/mol. The number of allylic oxidation sites excluding steroid dienone is 3. The van der Waals surface area contributed by atoms with E-state index in [1.165, 1.54) is 6.08 Å². The second-order valence-corrected chi connectivity index (χ2v) is 2.49. The van der Waals surface area contributed by atoms with Gasteiger partial charge in [0.05, 0.1) is 0 Å². The normalized spacial score (nSPS) is 10.4. The van der Waals surface area contributed by atoms with Crippen LogP contribution < -0.4 is 0 Å². The summed E-state index contributed by atoms with van der Waals surface area (Å²) in [5, 5.41) is 0. The van der Waals surface area contributed by atoms with Crippen LogP contribution in [0.5, 0.6) is 0 Å². The van der Waals surface area contributed by atoms with Gasteiger partial charge < -0.3 is 4.74 Å². The molecule has 0 aromatic heterocycles. The van der Waals surface area contributed by atoms with E-state index in [1.807, 2.05) is 0 Å². The van der Waals surface area contributed by atoms with Crippen molar-refractivity contribution in [1.82, 2.24) is 0 Å². The van der Waals surface area contributed by atoms with Crippen molar-refractivity contribution in [2.45, 2.75) is 6.92 Å². The topological polar surface area (TPSA) is 26.3 Å². The Hall–Kier alpha value is -1.57. The molecule has 0 rings (SSSR count). The fourth-order valence-corrected chi connectivity index (χ4v) is 0.644. The molecule has 0 aliphatic rings. The van der Waals surface area contributed by atoms with Gasteiger partial charge in [-0.25, -0.2) is 4.79 Å². The van der Waals surface area contributed by atoms with E-state index in [-0.39, 0.29) is 12.6 Å². The van der Waals surface area contributed by atoms with Gasteiger partial charge in [0.25, 0.3) is 0 Å². The first kappa shape index (κ1) is 11.4. The fourth-order valence-electron chi connectivity index (χ4n) is 0.644. The molecule has 0 bridgehead atoms. The summed E-state index contributed by atoms with van der Waals surface area (Å²) in [5.74, 6) is -0.358. The van der Waals surface area contributed by atoms with Crippen molar-refractivity contribution in [2.75, 3.05) is 6.61 Å². The van der Waals surface area contributed by atoms with E-state index in [4.69, 9.17) is 4.74 Å². The van der Waals surface area contributed by atoms with Gasteiger partial charge in [0.1, 0.15) is 6.61 Å². The number of hydrogen-bond acceptors (Lipinski definition) is 2. The molecule has 0 unspecified atom stereocenters. The maximum atomic E-state index is 11.1. The molecule has 13 heavy (non-hydrogen) atoms. The zero-order chi connectivity index (χ0) is 10.3. The van der Waals surface area contributed by atoms with Crippen LogP contribution in [0.4, 0.5) is 0 Å². The van der Waals surface area contributed by atoms with Crippen molar-refractivity contribution in [3.05, 3.63) is 49.1 Å². The lowest BCUT2D eigenvalue weighted by atomic mass is 10.2. The zero-order valence-electron chi connectivity index (χ0n) is 7.88. The number of esters is 1. The van der Waals surface area contributed by atoms with E-state index in [9.17, 15) is 4.79 Å². The number of carbonyl (C=O) groups excluding carboxylic acids is 1. The molecule has 2 heteroatoms. The van der Waals surface area contributed by atoms with Gasteiger partial charge in [-0.1, -0.05) is 31.9 Å². The highest BCUT2D eigenvalue weighted by molar-refractivity contribution is 5.88. The third kappa shape index (κ3) is 4.80. The minimum atomic E-state index is -0.358. The van der Waals surface area contributed by atoms with Crippen LogP contribution in [0.1, 0.15) is 6.92 Å². The molecule has 0 fully saturated rings. The summed E-state index contributed by atoms with van der Waals surface area (Å²) < 4.78 is 4.80. The van der Waals surface area contributed by atoms with Crippen LogP contribution in [0.15, 0.2) is 49.1 Å². The number of ether oxygens (including phenoxy) is 1. The van der Waals surface area contributed by atoms with Gasteiger partial charge in [0, 0.05) is 5.57 Å². The molecule has 2 nitrogen and oxygen atoms in total. The summed E-state index contributed by atoms with van der Waals surface area (Å²) in [7, 11) is 0. The molecule has 0 saturated carbocycles. The summed E-state index contributed by atoms with van der Waals surface area (Å²) in [6.07, 6.45) is 4.72. The summed E-state index contributed by atoms with van der Waals surface area (Å²) in [6, 6.07) is 0. The maximum Gasteiger partial charge on any atom is 0.334 e. The highest BCUT2D eigenvalue weighted by Gasteiger charge is 2.03. The molecule has 0 N–H and O–H groups in total. The first-order valence-electron chi connectivity index (χ1n) is 3.89. The number of rotatable bonds is 5. The highest BCUT2D eigenvalue weighted by atomic mass is 16.5. The van der Waals surface area contributed by atoms with Gasteiger partial charge >= 0.3 is 5.97 Å². The van der Waals surface area contributed by atoms with Gasteiger partial charge in [0.15, 0.2) is 0 Å². The molecular formula is C11H14O2. The minimum absolute atomic E-state index is 0.227. The largest absolute Gasteiger partial charge is 0.458 e. The molecule has 0 heterocycles. The molecule has 0 amide bonds. The molecular weight excluding hydrogens is 164 g/mol. The van der Waals surface area contributed by atoms with E-state index < -0.39 is 0 Å². The number of carbonyl (C=O) groups is 1. The molecule has 0 spiro atoms.